The number of hydrogen-bond acceptors (Lipinski definition) is 3. The van der Waals surface area contributed by atoms with E-state index in [2.05, 4.69) is 149 Å². The quantitative estimate of drug-likeness (QED) is 0.190. The van der Waals surface area contributed by atoms with Crippen molar-refractivity contribution in [3.63, 3.8) is 0 Å². The molecule has 1 aliphatic rings. The number of benzene rings is 7. The normalized spacial score (nSPS) is 14.6. The third-order valence-corrected chi connectivity index (χ3v) is 11.8. The molecule has 0 N–H and O–H groups in total. The van der Waals surface area contributed by atoms with E-state index in [1.54, 1.807) is 0 Å². The van der Waals surface area contributed by atoms with Crippen LogP contribution in [0, 0.1) is 0 Å². The highest BCUT2D eigenvalue weighted by Crippen LogP contribution is 2.55. The monoisotopic (exact) mass is 656 g/mol. The molecule has 51 heavy (non-hydrogen) atoms. The van der Waals surface area contributed by atoms with Gasteiger partial charge < -0.3 is 4.42 Å². The van der Waals surface area contributed by atoms with Crippen LogP contribution >= 0.6 is 0 Å². The average molecular weight is 657 g/mol. The van der Waals surface area contributed by atoms with Crippen LogP contribution in [0.2, 0.25) is 0 Å². The van der Waals surface area contributed by atoms with Crippen molar-refractivity contribution in [2.75, 3.05) is 0 Å². The molecule has 0 atom stereocenters. The van der Waals surface area contributed by atoms with Crippen molar-refractivity contribution in [2.24, 2.45) is 0 Å². The molecule has 1 aliphatic carbocycles. The number of hydrogen-bond donors (Lipinski definition) is 0. The van der Waals surface area contributed by atoms with Crippen LogP contribution in [0.5, 0.6) is 0 Å². The van der Waals surface area contributed by atoms with Crippen molar-refractivity contribution in [2.45, 2.75) is 38.5 Å². The van der Waals surface area contributed by atoms with Gasteiger partial charge >= 0.3 is 0 Å². The van der Waals surface area contributed by atoms with E-state index in [4.69, 9.17) is 14.4 Å². The van der Waals surface area contributed by atoms with Crippen LogP contribution in [0.3, 0.4) is 0 Å². The number of rotatable bonds is 3. The Morgan fingerprint density at radius 2 is 1.08 bits per heavy atom. The maximum absolute atomic E-state index is 6.85. The third kappa shape index (κ3) is 4.31. The molecule has 2 heterocycles. The Hall–Kier alpha value is -6.06. The summed E-state index contributed by atoms with van der Waals surface area (Å²) in [7, 11) is 0. The molecule has 7 aromatic carbocycles. The molecule has 3 heteroatoms. The Morgan fingerprint density at radius 1 is 0.431 bits per heavy atom. The van der Waals surface area contributed by atoms with Crippen molar-refractivity contribution in [1.29, 1.82) is 0 Å². The van der Waals surface area contributed by atoms with Gasteiger partial charge in [0.1, 0.15) is 11.2 Å². The highest BCUT2D eigenvalue weighted by Gasteiger charge is 2.46. The second-order valence-corrected chi connectivity index (χ2v) is 15.0. The fourth-order valence-electron chi connectivity index (χ4n) is 8.39. The zero-order chi connectivity index (χ0) is 34.5. The maximum Gasteiger partial charge on any atom is 0.160 e. The van der Waals surface area contributed by atoms with Gasteiger partial charge in [-0.25, -0.2) is 9.97 Å². The lowest BCUT2D eigenvalue weighted by atomic mass is 9.55. The van der Waals surface area contributed by atoms with Crippen molar-refractivity contribution in [3.8, 4) is 44.9 Å². The molecule has 0 aliphatic heterocycles. The zero-order valence-corrected chi connectivity index (χ0v) is 29.2. The molecule has 0 unspecified atom stereocenters. The Labute approximate surface area is 297 Å². The number of fused-ring (bicyclic) bond motifs is 9. The number of furan rings is 1. The molecule has 10 rings (SSSR count). The molecule has 0 radical (unpaired) electrons. The molecule has 0 bridgehead atoms. The summed E-state index contributed by atoms with van der Waals surface area (Å²) < 4.78 is 6.85. The average Bonchev–Trinajstić information content (AvgIpc) is 3.54. The lowest BCUT2D eigenvalue weighted by Gasteiger charge is -2.48. The number of aromatic nitrogens is 2. The summed E-state index contributed by atoms with van der Waals surface area (Å²) in [5.74, 6) is 0.719. The van der Waals surface area contributed by atoms with E-state index in [1.165, 1.54) is 22.3 Å². The van der Waals surface area contributed by atoms with Gasteiger partial charge in [0.15, 0.2) is 5.82 Å². The van der Waals surface area contributed by atoms with Gasteiger partial charge in [0.05, 0.1) is 11.2 Å². The molecule has 2 aromatic heterocycles. The van der Waals surface area contributed by atoms with Gasteiger partial charge in [0, 0.05) is 32.7 Å². The van der Waals surface area contributed by atoms with E-state index in [0.29, 0.717) is 0 Å². The summed E-state index contributed by atoms with van der Waals surface area (Å²) in [6, 6.07) is 51.9. The van der Waals surface area contributed by atoms with Crippen LogP contribution in [0.1, 0.15) is 38.8 Å². The summed E-state index contributed by atoms with van der Waals surface area (Å²) >= 11 is 0. The molecule has 3 nitrogen and oxygen atoms in total. The summed E-state index contributed by atoms with van der Waals surface area (Å²) in [4.78, 5) is 10.3. The van der Waals surface area contributed by atoms with Crippen molar-refractivity contribution in [1.82, 2.24) is 9.97 Å². The summed E-state index contributed by atoms with van der Waals surface area (Å²) in [6.07, 6.45) is 0. The first kappa shape index (κ1) is 29.8. The van der Waals surface area contributed by atoms with E-state index in [-0.39, 0.29) is 10.8 Å². The van der Waals surface area contributed by atoms with Crippen molar-refractivity contribution < 1.29 is 4.42 Å². The van der Waals surface area contributed by atoms with Gasteiger partial charge in [-0.05, 0) is 79.9 Å². The summed E-state index contributed by atoms with van der Waals surface area (Å²) in [5, 5.41) is 5.55. The van der Waals surface area contributed by atoms with Gasteiger partial charge in [-0.3, -0.25) is 0 Å². The lowest BCUT2D eigenvalue weighted by molar-refractivity contribution is 0.299. The van der Waals surface area contributed by atoms with Gasteiger partial charge in [-0.1, -0.05) is 143 Å². The van der Waals surface area contributed by atoms with Crippen LogP contribution in [0.4, 0.5) is 0 Å². The molecular formula is C48H36N2O. The third-order valence-electron chi connectivity index (χ3n) is 11.8. The zero-order valence-electron chi connectivity index (χ0n) is 29.2. The smallest absolute Gasteiger partial charge is 0.160 e. The SMILES string of the molecule is CC1(C)c2ccccc2-c2cc3c(cc2C1(C)C)oc1c2ccccc2c(-c2ccc4c(-c5ccccc5)nc(-c5ccccc5)nc4c2)cc31. The molecule has 0 amide bonds. The fraction of sp³-hybridized carbons (Fsp3) is 0.125. The van der Waals surface area contributed by atoms with E-state index in [9.17, 15) is 0 Å². The van der Waals surface area contributed by atoms with Crippen LogP contribution in [-0.4, -0.2) is 9.97 Å². The Balaban J connectivity index is 1.24. The topological polar surface area (TPSA) is 38.9 Å². The first-order valence-corrected chi connectivity index (χ1v) is 17.7. The first-order valence-electron chi connectivity index (χ1n) is 17.7. The van der Waals surface area contributed by atoms with E-state index >= 15 is 0 Å². The molecule has 0 spiro atoms. The highest BCUT2D eigenvalue weighted by atomic mass is 16.3. The minimum atomic E-state index is -0.0960. The minimum Gasteiger partial charge on any atom is -0.455 e. The van der Waals surface area contributed by atoms with Crippen LogP contribution in [0.15, 0.2) is 150 Å². The molecule has 0 saturated heterocycles. The van der Waals surface area contributed by atoms with Gasteiger partial charge in [0.25, 0.3) is 0 Å². The molecule has 9 aromatic rings. The van der Waals surface area contributed by atoms with Crippen molar-refractivity contribution >= 4 is 43.6 Å². The minimum absolute atomic E-state index is 0.0451. The van der Waals surface area contributed by atoms with E-state index < -0.39 is 0 Å². The number of nitrogens with zero attached hydrogens (tertiary/aromatic N) is 2. The van der Waals surface area contributed by atoms with Gasteiger partial charge in [-0.2, -0.15) is 0 Å². The highest BCUT2D eigenvalue weighted by molar-refractivity contribution is 6.20. The van der Waals surface area contributed by atoms with E-state index in [1.807, 2.05) is 24.3 Å². The first-order chi connectivity index (χ1) is 24.8. The second kappa shape index (κ2) is 10.7. The summed E-state index contributed by atoms with van der Waals surface area (Å²) in [5.41, 5.74) is 13.2. The lowest BCUT2D eigenvalue weighted by Crippen LogP contribution is -2.43. The predicted molar refractivity (Wildman–Crippen MR) is 212 cm³/mol. The van der Waals surface area contributed by atoms with E-state index in [0.717, 1.165) is 77.4 Å². The Bertz CT molecular complexity index is 2850. The fourth-order valence-corrected chi connectivity index (χ4v) is 8.39. The van der Waals surface area contributed by atoms with Gasteiger partial charge in [0.2, 0.25) is 0 Å². The van der Waals surface area contributed by atoms with Crippen LogP contribution in [0.25, 0.3) is 88.5 Å². The Kier molecular flexibility index (Phi) is 6.27. The standard InChI is InChI=1S/C48H36N2O/c1-47(2)40-22-14-13-20-33(40)37-27-38-39-26-36(32-19-11-12-21-34(32)45(39)51-43(38)28-41(37)48(47,3)4)31-23-24-35-42(25-31)49-46(30-17-9-6-10-18-30)50-44(35)29-15-7-5-8-16-29/h5-28H,1-4H3. The van der Waals surface area contributed by atoms with Crippen molar-refractivity contribution in [3.05, 3.63) is 157 Å². The van der Waals surface area contributed by atoms with Crippen LogP contribution < -0.4 is 0 Å². The van der Waals surface area contributed by atoms with Gasteiger partial charge in [-0.15, -0.1) is 0 Å². The predicted octanol–water partition coefficient (Wildman–Crippen LogP) is 12.9. The molecule has 0 saturated carbocycles. The molecule has 244 valence electrons. The molecule has 0 fully saturated rings. The second-order valence-electron chi connectivity index (χ2n) is 15.0. The maximum atomic E-state index is 6.85. The molecular weight excluding hydrogens is 621 g/mol. The van der Waals surface area contributed by atoms with Crippen LogP contribution in [-0.2, 0) is 10.8 Å². The largest absolute Gasteiger partial charge is 0.455 e. The Morgan fingerprint density at radius 3 is 1.86 bits per heavy atom. The summed E-state index contributed by atoms with van der Waals surface area (Å²) in [6.45, 7) is 9.49.